The molecule has 0 spiro atoms. The molecule has 1 fully saturated rings. The number of halogens is 2. The standard InChI is InChI=1S/C30H38F2N4O/c1-3-4-21-35(30(37)24-14-13-15-25(31)28(24)32)23(2)29-33-26-16-7-8-17-27(26)36(29)22-12-11-20-34-18-9-5-6-10-19-34/h7-8,11-17,23H,3-6,9-10,18-22H2,1-2H3/b12-11-. The van der Waals surface area contributed by atoms with Crippen molar-refractivity contribution in [2.24, 2.45) is 0 Å². The maximum atomic E-state index is 14.6. The fourth-order valence-corrected chi connectivity index (χ4v) is 5.09. The molecule has 0 N–H and O–H groups in total. The summed E-state index contributed by atoms with van der Waals surface area (Å²) >= 11 is 0. The Morgan fingerprint density at radius 3 is 2.51 bits per heavy atom. The van der Waals surface area contributed by atoms with Crippen LogP contribution in [-0.4, -0.2) is 51.4 Å². The van der Waals surface area contributed by atoms with Gasteiger partial charge in [-0.3, -0.25) is 9.69 Å². The van der Waals surface area contributed by atoms with Crippen molar-refractivity contribution in [3.63, 3.8) is 0 Å². The second-order valence-electron chi connectivity index (χ2n) is 9.89. The molecule has 0 saturated carbocycles. The zero-order chi connectivity index (χ0) is 26.2. The van der Waals surface area contributed by atoms with Gasteiger partial charge in [0.15, 0.2) is 11.6 Å². The molecule has 4 rings (SSSR count). The first-order valence-electron chi connectivity index (χ1n) is 13.6. The van der Waals surface area contributed by atoms with Gasteiger partial charge in [-0.1, -0.05) is 56.5 Å². The molecule has 1 aliphatic heterocycles. The van der Waals surface area contributed by atoms with E-state index >= 15 is 0 Å². The molecule has 3 aromatic rings. The number of unbranched alkanes of at least 4 members (excludes halogenated alkanes) is 1. The van der Waals surface area contributed by atoms with E-state index in [1.165, 1.54) is 37.8 Å². The van der Waals surface area contributed by atoms with E-state index in [4.69, 9.17) is 4.98 Å². The molecule has 37 heavy (non-hydrogen) atoms. The second-order valence-corrected chi connectivity index (χ2v) is 9.89. The Balaban J connectivity index is 1.61. The van der Waals surface area contributed by atoms with E-state index in [0.717, 1.165) is 55.4 Å². The van der Waals surface area contributed by atoms with Gasteiger partial charge in [-0.05, 0) is 63.5 Å². The number of fused-ring (bicyclic) bond motifs is 1. The number of rotatable bonds is 10. The quantitative estimate of drug-likeness (QED) is 0.285. The van der Waals surface area contributed by atoms with Crippen molar-refractivity contribution in [3.8, 4) is 0 Å². The summed E-state index contributed by atoms with van der Waals surface area (Å²) in [6, 6.07) is 11.3. The van der Waals surface area contributed by atoms with Crippen LogP contribution in [0.5, 0.6) is 0 Å². The lowest BCUT2D eigenvalue weighted by molar-refractivity contribution is 0.0672. The third kappa shape index (κ3) is 6.45. The highest BCUT2D eigenvalue weighted by Gasteiger charge is 2.29. The molecule has 1 unspecified atom stereocenters. The van der Waals surface area contributed by atoms with Crippen molar-refractivity contribution in [3.05, 3.63) is 77.6 Å². The molecule has 1 amide bonds. The van der Waals surface area contributed by atoms with Gasteiger partial charge >= 0.3 is 0 Å². The van der Waals surface area contributed by atoms with Crippen LogP contribution in [0.15, 0.2) is 54.6 Å². The fraction of sp³-hybridized carbons (Fsp3) is 0.467. The molecular formula is C30H38F2N4O. The number of carbonyl (C=O) groups is 1. The molecule has 1 aromatic heterocycles. The van der Waals surface area contributed by atoms with Crippen LogP contribution in [0, 0.1) is 11.6 Å². The largest absolute Gasteiger partial charge is 0.329 e. The molecule has 1 atom stereocenters. The summed E-state index contributed by atoms with van der Waals surface area (Å²) in [7, 11) is 0. The maximum absolute atomic E-state index is 14.6. The first kappa shape index (κ1) is 27.0. The summed E-state index contributed by atoms with van der Waals surface area (Å²) in [5, 5.41) is 0. The number of nitrogens with zero attached hydrogens (tertiary/aromatic N) is 4. The van der Waals surface area contributed by atoms with Gasteiger partial charge in [-0.25, -0.2) is 13.8 Å². The number of hydrogen-bond donors (Lipinski definition) is 0. The lowest BCUT2D eigenvalue weighted by atomic mass is 10.1. The predicted octanol–water partition coefficient (Wildman–Crippen LogP) is 6.75. The average Bonchev–Trinajstić information content (AvgIpc) is 3.07. The van der Waals surface area contributed by atoms with Crippen molar-refractivity contribution in [2.75, 3.05) is 26.2 Å². The van der Waals surface area contributed by atoms with Gasteiger partial charge in [0, 0.05) is 19.6 Å². The Bertz CT molecular complexity index is 1210. The lowest BCUT2D eigenvalue weighted by Crippen LogP contribution is -2.36. The van der Waals surface area contributed by atoms with Crippen LogP contribution in [0.3, 0.4) is 0 Å². The van der Waals surface area contributed by atoms with Crippen molar-refractivity contribution in [2.45, 2.75) is 65.0 Å². The SMILES string of the molecule is CCCCN(C(=O)c1cccc(F)c1F)C(C)c1nc2ccccc2n1C/C=C\CN1CCCCCC1. The summed E-state index contributed by atoms with van der Waals surface area (Å²) in [4.78, 5) is 22.5. The zero-order valence-corrected chi connectivity index (χ0v) is 22.0. The van der Waals surface area contributed by atoms with Crippen molar-refractivity contribution >= 4 is 16.9 Å². The summed E-state index contributed by atoms with van der Waals surface area (Å²) in [5.74, 6) is -1.91. The van der Waals surface area contributed by atoms with Gasteiger partial charge in [0.05, 0.1) is 22.6 Å². The minimum absolute atomic E-state index is 0.247. The van der Waals surface area contributed by atoms with E-state index in [2.05, 4.69) is 21.6 Å². The molecule has 2 heterocycles. The van der Waals surface area contributed by atoms with Crippen molar-refractivity contribution < 1.29 is 13.6 Å². The molecule has 0 radical (unpaired) electrons. The van der Waals surface area contributed by atoms with E-state index in [0.29, 0.717) is 13.1 Å². The number of allylic oxidation sites excluding steroid dienone is 1. The minimum atomic E-state index is -1.11. The highest BCUT2D eigenvalue weighted by atomic mass is 19.2. The Morgan fingerprint density at radius 1 is 1.03 bits per heavy atom. The smallest absolute Gasteiger partial charge is 0.257 e. The molecule has 5 nitrogen and oxygen atoms in total. The minimum Gasteiger partial charge on any atom is -0.329 e. The average molecular weight is 509 g/mol. The van der Waals surface area contributed by atoms with Crippen LogP contribution in [0.1, 0.15) is 74.6 Å². The molecule has 198 valence electrons. The summed E-state index contributed by atoms with van der Waals surface area (Å²) < 4.78 is 30.6. The molecular weight excluding hydrogens is 470 g/mol. The molecule has 0 aliphatic carbocycles. The predicted molar refractivity (Wildman–Crippen MR) is 144 cm³/mol. The number of aromatic nitrogens is 2. The topological polar surface area (TPSA) is 41.4 Å². The zero-order valence-electron chi connectivity index (χ0n) is 22.0. The lowest BCUT2D eigenvalue weighted by Gasteiger charge is -2.29. The number of hydrogen-bond acceptors (Lipinski definition) is 3. The van der Waals surface area contributed by atoms with Crippen LogP contribution < -0.4 is 0 Å². The monoisotopic (exact) mass is 508 g/mol. The highest BCUT2D eigenvalue weighted by Crippen LogP contribution is 2.27. The van der Waals surface area contributed by atoms with Gasteiger partial charge in [-0.15, -0.1) is 0 Å². The number of amides is 1. The maximum Gasteiger partial charge on any atom is 0.257 e. The third-order valence-corrected chi connectivity index (χ3v) is 7.24. The summed E-state index contributed by atoms with van der Waals surface area (Å²) in [6.45, 7) is 8.23. The Labute approximate surface area is 218 Å². The first-order chi connectivity index (χ1) is 18.0. The Kier molecular flexibility index (Phi) is 9.45. The van der Waals surface area contributed by atoms with Crippen LogP contribution in [-0.2, 0) is 6.54 Å². The molecule has 0 bridgehead atoms. The van der Waals surface area contributed by atoms with E-state index in [9.17, 15) is 13.6 Å². The van der Waals surface area contributed by atoms with E-state index < -0.39 is 23.6 Å². The highest BCUT2D eigenvalue weighted by molar-refractivity contribution is 5.94. The normalized spacial score (nSPS) is 15.8. The Morgan fingerprint density at radius 2 is 1.76 bits per heavy atom. The van der Waals surface area contributed by atoms with E-state index in [1.807, 2.05) is 38.1 Å². The molecule has 7 heteroatoms. The van der Waals surface area contributed by atoms with Crippen LogP contribution in [0.25, 0.3) is 11.0 Å². The number of carbonyl (C=O) groups excluding carboxylic acids is 1. The molecule has 1 aliphatic rings. The number of benzene rings is 2. The van der Waals surface area contributed by atoms with Gasteiger partial charge in [0.1, 0.15) is 5.82 Å². The van der Waals surface area contributed by atoms with Gasteiger partial charge in [0.25, 0.3) is 5.91 Å². The van der Waals surface area contributed by atoms with Gasteiger partial charge in [-0.2, -0.15) is 0 Å². The summed E-state index contributed by atoms with van der Waals surface area (Å²) in [5.41, 5.74) is 1.59. The second kappa shape index (κ2) is 13.0. The third-order valence-electron chi connectivity index (χ3n) is 7.24. The van der Waals surface area contributed by atoms with Gasteiger partial charge < -0.3 is 9.47 Å². The number of likely N-dealkylation sites (tertiary alicyclic amines) is 1. The van der Waals surface area contributed by atoms with Crippen LogP contribution >= 0.6 is 0 Å². The summed E-state index contributed by atoms with van der Waals surface area (Å²) in [6.07, 6.45) is 11.2. The van der Waals surface area contributed by atoms with Crippen LogP contribution in [0.4, 0.5) is 8.78 Å². The fourth-order valence-electron chi connectivity index (χ4n) is 5.09. The number of para-hydroxylation sites is 2. The van der Waals surface area contributed by atoms with Crippen molar-refractivity contribution in [1.82, 2.24) is 19.4 Å². The number of imidazole rings is 1. The first-order valence-corrected chi connectivity index (χ1v) is 13.6. The Hall–Kier alpha value is -3.06. The van der Waals surface area contributed by atoms with Crippen LogP contribution in [0.2, 0.25) is 0 Å². The van der Waals surface area contributed by atoms with E-state index in [1.54, 1.807) is 4.90 Å². The molecule has 2 aromatic carbocycles. The van der Waals surface area contributed by atoms with Gasteiger partial charge in [0.2, 0.25) is 0 Å². The molecule has 1 saturated heterocycles. The van der Waals surface area contributed by atoms with E-state index in [-0.39, 0.29) is 5.56 Å². The van der Waals surface area contributed by atoms with Crippen molar-refractivity contribution in [1.29, 1.82) is 0 Å².